The Morgan fingerprint density at radius 3 is 2.20 bits per heavy atom. The molecule has 0 bridgehead atoms. The summed E-state index contributed by atoms with van der Waals surface area (Å²) in [5.41, 5.74) is 0.946. The average Bonchev–Trinajstić information content (AvgIpc) is 2.88. The van der Waals surface area contributed by atoms with Crippen molar-refractivity contribution in [3.05, 3.63) is 66.2 Å². The third kappa shape index (κ3) is 7.64. The maximum atomic E-state index is 13.3. The first-order valence-corrected chi connectivity index (χ1v) is 13.9. The molecular weight excluding hydrogens is 462 g/mol. The lowest BCUT2D eigenvalue weighted by molar-refractivity contribution is -0.141. The molecule has 7 nitrogen and oxygen atoms in total. The van der Waals surface area contributed by atoms with Crippen LogP contribution < -0.4 is 5.32 Å². The van der Waals surface area contributed by atoms with Crippen LogP contribution in [0.3, 0.4) is 0 Å². The molecule has 1 aliphatic carbocycles. The van der Waals surface area contributed by atoms with E-state index < -0.39 is 16.1 Å². The van der Waals surface area contributed by atoms with Gasteiger partial charge in [-0.15, -0.1) is 0 Å². The summed E-state index contributed by atoms with van der Waals surface area (Å²) < 4.78 is 26.8. The van der Waals surface area contributed by atoms with Gasteiger partial charge in [-0.2, -0.15) is 0 Å². The molecule has 0 heterocycles. The van der Waals surface area contributed by atoms with Crippen LogP contribution in [0.4, 0.5) is 0 Å². The molecule has 8 heteroatoms. The zero-order valence-electron chi connectivity index (χ0n) is 20.7. The first kappa shape index (κ1) is 26.9. The van der Waals surface area contributed by atoms with Crippen LogP contribution in [-0.2, 0) is 26.2 Å². The van der Waals surface area contributed by atoms with Crippen LogP contribution in [0.1, 0.15) is 57.4 Å². The number of benzene rings is 2. The van der Waals surface area contributed by atoms with Crippen molar-refractivity contribution in [2.45, 2.75) is 75.4 Å². The highest BCUT2D eigenvalue weighted by atomic mass is 32.2. The molecule has 35 heavy (non-hydrogen) atoms. The third-order valence-electron chi connectivity index (χ3n) is 6.63. The highest BCUT2D eigenvalue weighted by Crippen LogP contribution is 2.19. The molecule has 190 valence electrons. The topological polar surface area (TPSA) is 86.8 Å². The second kappa shape index (κ2) is 12.8. The fourth-order valence-corrected chi connectivity index (χ4v) is 5.65. The van der Waals surface area contributed by atoms with Crippen LogP contribution in [0.2, 0.25) is 0 Å². The van der Waals surface area contributed by atoms with Crippen LogP contribution in [0.5, 0.6) is 0 Å². The van der Waals surface area contributed by atoms with Crippen LogP contribution in [0.25, 0.3) is 0 Å². The molecule has 1 atom stereocenters. The number of carbonyl (C=O) groups is 2. The molecule has 3 rings (SSSR count). The minimum atomic E-state index is -3.61. The second-order valence-corrected chi connectivity index (χ2v) is 11.3. The van der Waals surface area contributed by atoms with Gasteiger partial charge >= 0.3 is 0 Å². The highest BCUT2D eigenvalue weighted by Gasteiger charge is 2.28. The van der Waals surface area contributed by atoms with Gasteiger partial charge in [0.15, 0.2) is 0 Å². The predicted molar refractivity (Wildman–Crippen MR) is 137 cm³/mol. The largest absolute Gasteiger partial charge is 0.352 e. The standard InChI is InChI=1S/C27H37N3O4S/c1-22(27(32)28-24-15-8-4-9-16-24)30(21-23-13-6-3-7-14-23)26(31)19-12-20-29(2)35(33,34)25-17-10-5-11-18-25/h3,5-7,10-11,13-14,17-18,22,24H,4,8-9,12,15-16,19-21H2,1-2H3,(H,28,32)/t22-/m0/s1. The van der Waals surface area contributed by atoms with Gasteiger partial charge in [-0.25, -0.2) is 12.7 Å². The zero-order valence-corrected chi connectivity index (χ0v) is 21.5. The van der Waals surface area contributed by atoms with Crippen molar-refractivity contribution in [2.24, 2.45) is 0 Å². The van der Waals surface area contributed by atoms with E-state index in [1.165, 1.54) is 17.8 Å². The van der Waals surface area contributed by atoms with Crippen molar-refractivity contribution in [1.82, 2.24) is 14.5 Å². The van der Waals surface area contributed by atoms with E-state index in [2.05, 4.69) is 5.32 Å². The molecule has 1 saturated carbocycles. The summed E-state index contributed by atoms with van der Waals surface area (Å²) in [5, 5.41) is 3.13. The lowest BCUT2D eigenvalue weighted by Crippen LogP contribution is -2.50. The van der Waals surface area contributed by atoms with Crippen LogP contribution >= 0.6 is 0 Å². The van der Waals surface area contributed by atoms with E-state index in [1.807, 2.05) is 30.3 Å². The average molecular weight is 500 g/mol. The molecule has 0 saturated heterocycles. The molecule has 0 radical (unpaired) electrons. The van der Waals surface area contributed by atoms with Gasteiger partial charge in [0, 0.05) is 32.6 Å². The van der Waals surface area contributed by atoms with E-state index >= 15 is 0 Å². The third-order valence-corrected chi connectivity index (χ3v) is 8.50. The van der Waals surface area contributed by atoms with E-state index in [9.17, 15) is 18.0 Å². The molecule has 1 fully saturated rings. The summed E-state index contributed by atoms with van der Waals surface area (Å²) in [6.07, 6.45) is 5.92. The van der Waals surface area contributed by atoms with E-state index in [0.29, 0.717) is 13.0 Å². The monoisotopic (exact) mass is 499 g/mol. The Bertz CT molecular complexity index is 1050. The summed E-state index contributed by atoms with van der Waals surface area (Å²) in [6.45, 7) is 2.31. The van der Waals surface area contributed by atoms with E-state index in [0.717, 1.165) is 31.2 Å². The van der Waals surface area contributed by atoms with Gasteiger partial charge in [-0.3, -0.25) is 9.59 Å². The summed E-state index contributed by atoms with van der Waals surface area (Å²) in [5.74, 6) is -0.296. The van der Waals surface area contributed by atoms with Gasteiger partial charge in [-0.1, -0.05) is 67.8 Å². The molecule has 1 N–H and O–H groups in total. The number of carbonyl (C=O) groups excluding carboxylic acids is 2. The second-order valence-electron chi connectivity index (χ2n) is 9.27. The van der Waals surface area contributed by atoms with Gasteiger partial charge in [0.1, 0.15) is 6.04 Å². The van der Waals surface area contributed by atoms with Crippen LogP contribution in [-0.4, -0.2) is 55.1 Å². The van der Waals surface area contributed by atoms with Gasteiger partial charge in [0.25, 0.3) is 0 Å². The molecule has 2 aromatic carbocycles. The molecule has 0 spiro atoms. The Hall–Kier alpha value is -2.71. The fourth-order valence-electron chi connectivity index (χ4n) is 4.42. The molecule has 2 aromatic rings. The smallest absolute Gasteiger partial charge is 0.242 e. The first-order valence-electron chi connectivity index (χ1n) is 12.4. The number of rotatable bonds is 11. The van der Waals surface area contributed by atoms with Gasteiger partial charge in [0.2, 0.25) is 21.8 Å². The van der Waals surface area contributed by atoms with E-state index in [4.69, 9.17) is 0 Å². The minimum absolute atomic E-state index is 0.134. The fraction of sp³-hybridized carbons (Fsp3) is 0.481. The number of hydrogen-bond acceptors (Lipinski definition) is 4. The maximum absolute atomic E-state index is 13.3. The lowest BCUT2D eigenvalue weighted by atomic mass is 9.95. The SMILES string of the molecule is C[C@@H](C(=O)NC1CCCCC1)N(Cc1ccccc1)C(=O)CCCN(C)S(=O)(=O)c1ccccc1. The number of nitrogens with one attached hydrogen (secondary N) is 1. The Kier molecular flexibility index (Phi) is 9.86. The Balaban J connectivity index is 1.62. The lowest BCUT2D eigenvalue weighted by Gasteiger charge is -2.31. The van der Waals surface area contributed by atoms with Crippen molar-refractivity contribution in [2.75, 3.05) is 13.6 Å². The minimum Gasteiger partial charge on any atom is -0.352 e. The van der Waals surface area contributed by atoms with Gasteiger partial charge in [-0.05, 0) is 43.9 Å². The van der Waals surface area contributed by atoms with Crippen molar-refractivity contribution in [3.63, 3.8) is 0 Å². The highest BCUT2D eigenvalue weighted by molar-refractivity contribution is 7.89. The Labute approximate surface area is 209 Å². The van der Waals surface area contributed by atoms with Crippen molar-refractivity contribution >= 4 is 21.8 Å². The summed E-state index contributed by atoms with van der Waals surface area (Å²) >= 11 is 0. The molecule has 0 aliphatic heterocycles. The summed E-state index contributed by atoms with van der Waals surface area (Å²) in [7, 11) is -2.08. The zero-order chi connectivity index (χ0) is 25.3. The number of sulfonamides is 1. The normalized spacial score (nSPS) is 15.5. The molecule has 0 unspecified atom stereocenters. The maximum Gasteiger partial charge on any atom is 0.242 e. The quantitative estimate of drug-likeness (QED) is 0.507. The van der Waals surface area contributed by atoms with Crippen molar-refractivity contribution in [1.29, 1.82) is 0 Å². The van der Waals surface area contributed by atoms with Gasteiger partial charge in [0.05, 0.1) is 4.90 Å². The van der Waals surface area contributed by atoms with E-state index in [-0.39, 0.29) is 35.7 Å². The number of hydrogen-bond donors (Lipinski definition) is 1. The Morgan fingerprint density at radius 1 is 0.971 bits per heavy atom. The first-order chi connectivity index (χ1) is 16.8. The number of amides is 2. The summed E-state index contributed by atoms with van der Waals surface area (Å²) in [6, 6.07) is 17.4. The van der Waals surface area contributed by atoms with E-state index in [1.54, 1.807) is 42.2 Å². The van der Waals surface area contributed by atoms with Crippen LogP contribution in [0.15, 0.2) is 65.6 Å². The molecule has 2 amide bonds. The summed E-state index contributed by atoms with van der Waals surface area (Å²) in [4.78, 5) is 28.1. The molecule has 1 aliphatic rings. The molecule has 0 aromatic heterocycles. The predicted octanol–water partition coefficient (Wildman–Crippen LogP) is 3.95. The Morgan fingerprint density at radius 2 is 1.57 bits per heavy atom. The van der Waals surface area contributed by atoms with Crippen molar-refractivity contribution in [3.8, 4) is 0 Å². The van der Waals surface area contributed by atoms with Crippen molar-refractivity contribution < 1.29 is 18.0 Å². The molecular formula is C27H37N3O4S. The number of nitrogens with zero attached hydrogens (tertiary/aromatic N) is 2. The van der Waals surface area contributed by atoms with Crippen LogP contribution in [0, 0.1) is 0 Å². The van der Waals surface area contributed by atoms with Gasteiger partial charge < -0.3 is 10.2 Å².